The average molecular weight is 503 g/mol. The number of pyridine rings is 1. The van der Waals surface area contributed by atoms with Gasteiger partial charge in [0, 0.05) is 33.4 Å². The highest BCUT2D eigenvalue weighted by Crippen LogP contribution is 2.43. The van der Waals surface area contributed by atoms with E-state index in [2.05, 4.69) is 98.1 Å². The number of para-hydroxylation sites is 1. The van der Waals surface area contributed by atoms with Gasteiger partial charge in [0.05, 0.1) is 17.8 Å². The van der Waals surface area contributed by atoms with Gasteiger partial charge in [0.25, 0.3) is 0 Å². The van der Waals surface area contributed by atoms with E-state index < -0.39 is 0 Å². The summed E-state index contributed by atoms with van der Waals surface area (Å²) in [5.74, 6) is 0. The largest absolute Gasteiger partial charge is 0.351 e. The summed E-state index contributed by atoms with van der Waals surface area (Å²) in [5, 5.41) is 4.26. The zero-order valence-electron chi connectivity index (χ0n) is 17.9. The third-order valence-electron chi connectivity index (χ3n) is 6.01. The first kappa shape index (κ1) is 20.9. The maximum Gasteiger partial charge on any atom is 0.174 e. The standard InChI is InChI=1S/C26H23BrN4S/c1-17-16-22(18(2)30(17)21-13-11-19(27)12-14-21)25-24(23-10-6-7-15-28-23)29-26(32)31(25)20-8-4-3-5-9-20/h3-16,24-25H,1-2H3,(H,29,32)/t24-,25+/m0/s1. The Morgan fingerprint density at radius 3 is 2.31 bits per heavy atom. The molecule has 0 radical (unpaired) electrons. The SMILES string of the molecule is Cc1cc([C@@H]2[C@H](c3ccccn3)NC(=S)N2c2ccccc2)c(C)n1-c1ccc(Br)cc1. The number of benzene rings is 2. The molecule has 32 heavy (non-hydrogen) atoms. The first-order valence-corrected chi connectivity index (χ1v) is 11.7. The molecule has 4 nitrogen and oxygen atoms in total. The Morgan fingerprint density at radius 2 is 1.62 bits per heavy atom. The molecule has 2 aromatic carbocycles. The minimum absolute atomic E-state index is 0.0183. The topological polar surface area (TPSA) is 33.1 Å². The van der Waals surface area contributed by atoms with E-state index in [1.807, 2.05) is 36.5 Å². The second-order valence-electron chi connectivity index (χ2n) is 7.97. The van der Waals surface area contributed by atoms with Crippen molar-refractivity contribution < 1.29 is 0 Å². The van der Waals surface area contributed by atoms with E-state index in [-0.39, 0.29) is 12.1 Å². The van der Waals surface area contributed by atoms with Crippen LogP contribution in [0.15, 0.2) is 89.5 Å². The van der Waals surface area contributed by atoms with Gasteiger partial charge in [0.1, 0.15) is 0 Å². The second kappa shape index (κ2) is 8.52. The number of thiocarbonyl (C=S) groups is 1. The van der Waals surface area contributed by atoms with Gasteiger partial charge in [0.15, 0.2) is 5.11 Å². The van der Waals surface area contributed by atoms with Crippen molar-refractivity contribution in [3.05, 3.63) is 112 Å². The maximum atomic E-state index is 5.84. The Morgan fingerprint density at radius 1 is 0.906 bits per heavy atom. The molecule has 1 aliphatic heterocycles. The molecule has 0 unspecified atom stereocenters. The summed E-state index contributed by atoms with van der Waals surface area (Å²) in [6, 6.07) is 27.0. The normalized spacial score (nSPS) is 18.1. The van der Waals surface area contributed by atoms with Gasteiger partial charge in [-0.2, -0.15) is 0 Å². The molecule has 6 heteroatoms. The molecule has 1 fully saturated rings. The summed E-state index contributed by atoms with van der Waals surface area (Å²) in [7, 11) is 0. The molecule has 160 valence electrons. The average Bonchev–Trinajstić information content (AvgIpc) is 3.31. The van der Waals surface area contributed by atoms with Crippen LogP contribution in [0.25, 0.3) is 5.69 Å². The summed E-state index contributed by atoms with van der Waals surface area (Å²) in [4.78, 5) is 6.89. The fourth-order valence-electron chi connectivity index (χ4n) is 4.61. The monoisotopic (exact) mass is 502 g/mol. The first-order chi connectivity index (χ1) is 15.5. The number of aryl methyl sites for hydroxylation is 1. The van der Waals surface area contributed by atoms with Crippen molar-refractivity contribution in [3.63, 3.8) is 0 Å². The van der Waals surface area contributed by atoms with Crippen LogP contribution in [0, 0.1) is 13.8 Å². The van der Waals surface area contributed by atoms with Crippen molar-refractivity contribution in [1.29, 1.82) is 0 Å². The molecule has 0 bridgehead atoms. The zero-order chi connectivity index (χ0) is 22.2. The van der Waals surface area contributed by atoms with E-state index in [1.54, 1.807) is 0 Å². The van der Waals surface area contributed by atoms with Gasteiger partial charge in [-0.05, 0) is 86.2 Å². The smallest absolute Gasteiger partial charge is 0.174 e. The highest BCUT2D eigenvalue weighted by molar-refractivity contribution is 9.10. The summed E-state index contributed by atoms with van der Waals surface area (Å²) < 4.78 is 3.38. The van der Waals surface area contributed by atoms with E-state index in [0.717, 1.165) is 21.5 Å². The molecule has 2 aromatic heterocycles. The molecule has 0 aliphatic carbocycles. The number of halogens is 1. The molecule has 2 atom stereocenters. The maximum absolute atomic E-state index is 5.84. The van der Waals surface area contributed by atoms with Gasteiger partial charge in [-0.25, -0.2) is 0 Å². The van der Waals surface area contributed by atoms with Gasteiger partial charge >= 0.3 is 0 Å². The van der Waals surface area contributed by atoms with E-state index in [9.17, 15) is 0 Å². The Balaban J connectivity index is 1.67. The Kier molecular flexibility index (Phi) is 5.57. The molecule has 0 amide bonds. The van der Waals surface area contributed by atoms with Crippen molar-refractivity contribution in [2.24, 2.45) is 0 Å². The van der Waals surface area contributed by atoms with E-state index >= 15 is 0 Å². The Bertz CT molecular complexity index is 1250. The van der Waals surface area contributed by atoms with Gasteiger partial charge in [-0.15, -0.1) is 0 Å². The summed E-state index contributed by atoms with van der Waals surface area (Å²) in [6.07, 6.45) is 1.84. The minimum Gasteiger partial charge on any atom is -0.351 e. The highest BCUT2D eigenvalue weighted by Gasteiger charge is 2.42. The summed E-state index contributed by atoms with van der Waals surface area (Å²) in [5.41, 5.74) is 6.81. The minimum atomic E-state index is -0.0530. The summed E-state index contributed by atoms with van der Waals surface area (Å²) >= 11 is 9.39. The van der Waals surface area contributed by atoms with Gasteiger partial charge in [-0.1, -0.05) is 40.2 Å². The fourth-order valence-corrected chi connectivity index (χ4v) is 5.22. The van der Waals surface area contributed by atoms with Crippen LogP contribution in [0.4, 0.5) is 5.69 Å². The Labute approximate surface area is 202 Å². The number of nitrogens with zero attached hydrogens (tertiary/aromatic N) is 3. The van der Waals surface area contributed by atoms with E-state index in [4.69, 9.17) is 12.2 Å². The lowest BCUT2D eigenvalue weighted by Crippen LogP contribution is -2.29. The van der Waals surface area contributed by atoms with Crippen LogP contribution in [-0.4, -0.2) is 14.7 Å². The molecular weight excluding hydrogens is 480 g/mol. The van der Waals surface area contributed by atoms with Gasteiger partial charge in [-0.3, -0.25) is 4.98 Å². The number of rotatable bonds is 4. The molecule has 0 saturated carbocycles. The van der Waals surface area contributed by atoms with Crippen LogP contribution >= 0.6 is 28.1 Å². The van der Waals surface area contributed by atoms with E-state index in [1.165, 1.54) is 17.0 Å². The number of hydrogen-bond acceptors (Lipinski definition) is 2. The van der Waals surface area contributed by atoms with Crippen molar-refractivity contribution in [3.8, 4) is 5.69 Å². The van der Waals surface area contributed by atoms with Crippen LogP contribution in [0.1, 0.15) is 34.7 Å². The molecule has 1 N–H and O–H groups in total. The number of nitrogens with one attached hydrogen (secondary N) is 1. The molecular formula is C26H23BrN4S. The number of anilines is 1. The third kappa shape index (κ3) is 3.63. The second-order valence-corrected chi connectivity index (χ2v) is 9.27. The zero-order valence-corrected chi connectivity index (χ0v) is 20.3. The third-order valence-corrected chi connectivity index (χ3v) is 6.85. The van der Waals surface area contributed by atoms with Crippen LogP contribution in [-0.2, 0) is 0 Å². The van der Waals surface area contributed by atoms with Crippen LogP contribution in [0.2, 0.25) is 0 Å². The van der Waals surface area contributed by atoms with Gasteiger partial charge in [0.2, 0.25) is 0 Å². The Hall–Kier alpha value is -2.96. The fraction of sp³-hybridized carbons (Fsp3) is 0.154. The first-order valence-electron chi connectivity index (χ1n) is 10.5. The van der Waals surface area contributed by atoms with Crippen LogP contribution < -0.4 is 10.2 Å². The highest BCUT2D eigenvalue weighted by atomic mass is 79.9. The van der Waals surface area contributed by atoms with Crippen molar-refractivity contribution in [2.75, 3.05) is 4.90 Å². The lowest BCUT2D eigenvalue weighted by molar-refractivity contribution is 0.565. The molecule has 1 saturated heterocycles. The van der Waals surface area contributed by atoms with Crippen LogP contribution in [0.3, 0.4) is 0 Å². The van der Waals surface area contributed by atoms with Crippen molar-refractivity contribution >= 4 is 38.9 Å². The van der Waals surface area contributed by atoms with Gasteiger partial charge < -0.3 is 14.8 Å². The molecule has 0 spiro atoms. The molecule has 5 rings (SSSR count). The quantitative estimate of drug-likeness (QED) is 0.326. The van der Waals surface area contributed by atoms with Crippen LogP contribution in [0.5, 0.6) is 0 Å². The molecule has 3 heterocycles. The predicted octanol–water partition coefficient (Wildman–Crippen LogP) is 6.43. The lowest BCUT2D eigenvalue weighted by atomic mass is 9.96. The lowest BCUT2D eigenvalue weighted by Gasteiger charge is -2.28. The molecule has 1 aliphatic rings. The molecule has 4 aromatic rings. The number of aromatic nitrogens is 2. The number of hydrogen-bond donors (Lipinski definition) is 1. The van der Waals surface area contributed by atoms with Crippen molar-refractivity contribution in [1.82, 2.24) is 14.9 Å². The summed E-state index contributed by atoms with van der Waals surface area (Å²) in [6.45, 7) is 4.34. The predicted molar refractivity (Wildman–Crippen MR) is 137 cm³/mol. The van der Waals surface area contributed by atoms with E-state index in [0.29, 0.717) is 5.11 Å². The van der Waals surface area contributed by atoms with Crippen molar-refractivity contribution in [2.45, 2.75) is 25.9 Å².